The number of benzene rings is 4. The van der Waals surface area contributed by atoms with Crippen LogP contribution in [0.2, 0.25) is 0 Å². The van der Waals surface area contributed by atoms with Crippen LogP contribution in [0.3, 0.4) is 0 Å². The predicted octanol–water partition coefficient (Wildman–Crippen LogP) is 7.18. The SMILES string of the molecule is Cl.Cl.Cn1c(CCc2ccc(C(=N)N)cc2)nc2cc(N(Cc3ccccc3)S(=O)(=O)c3ccc(C(C)(C)C)cc3)ccc21. The standard InChI is InChI=1S/C34H37N5O2S.2ClH/c1-34(2,3)27-15-18-29(19-16-27)42(40,41)39(23-25-8-6-5-7-9-25)28-17-20-31-30(22-28)37-32(38(31)4)21-12-24-10-13-26(14-11-24)33(35)36;;/h5-11,13-20,22H,12,21,23H2,1-4H3,(H3,35,36);2*1H. The van der Waals surface area contributed by atoms with Crippen molar-refractivity contribution in [2.24, 2.45) is 12.8 Å². The molecule has 0 aliphatic carbocycles. The van der Waals surface area contributed by atoms with Crippen LogP contribution in [0, 0.1) is 5.41 Å². The largest absolute Gasteiger partial charge is 0.384 e. The van der Waals surface area contributed by atoms with Gasteiger partial charge in [-0.25, -0.2) is 13.4 Å². The van der Waals surface area contributed by atoms with Crippen molar-refractivity contribution in [1.29, 1.82) is 5.41 Å². The van der Waals surface area contributed by atoms with E-state index in [1.807, 2.05) is 92.0 Å². The highest BCUT2D eigenvalue weighted by Gasteiger charge is 2.27. The van der Waals surface area contributed by atoms with E-state index in [0.717, 1.165) is 40.0 Å². The Morgan fingerprint density at radius 2 is 1.50 bits per heavy atom. The number of nitrogens with two attached hydrogens (primary N) is 1. The third kappa shape index (κ3) is 7.44. The maximum absolute atomic E-state index is 14.1. The van der Waals surface area contributed by atoms with Crippen LogP contribution in [0.5, 0.6) is 0 Å². The van der Waals surface area contributed by atoms with Gasteiger partial charge in [-0.05, 0) is 58.9 Å². The van der Waals surface area contributed by atoms with E-state index < -0.39 is 10.0 Å². The van der Waals surface area contributed by atoms with Crippen molar-refractivity contribution in [3.8, 4) is 0 Å². The molecule has 0 atom stereocenters. The molecule has 0 radical (unpaired) electrons. The minimum Gasteiger partial charge on any atom is -0.384 e. The van der Waals surface area contributed by atoms with E-state index in [1.165, 1.54) is 4.31 Å². The highest BCUT2D eigenvalue weighted by Crippen LogP contribution is 2.31. The van der Waals surface area contributed by atoms with E-state index in [9.17, 15) is 8.42 Å². The summed E-state index contributed by atoms with van der Waals surface area (Å²) in [7, 11) is -1.88. The lowest BCUT2D eigenvalue weighted by atomic mass is 9.87. The van der Waals surface area contributed by atoms with Crippen molar-refractivity contribution in [3.63, 3.8) is 0 Å². The predicted molar refractivity (Wildman–Crippen MR) is 185 cm³/mol. The number of hydrogen-bond donors (Lipinski definition) is 2. The average molecular weight is 653 g/mol. The van der Waals surface area contributed by atoms with Crippen LogP contribution in [0.15, 0.2) is 102 Å². The molecule has 0 saturated carbocycles. The van der Waals surface area contributed by atoms with Crippen LogP contribution >= 0.6 is 24.8 Å². The first-order chi connectivity index (χ1) is 19.9. The molecular weight excluding hydrogens is 613 g/mol. The zero-order chi connectivity index (χ0) is 30.1. The topological polar surface area (TPSA) is 105 Å². The first kappa shape index (κ1) is 34.6. The molecule has 0 bridgehead atoms. The minimum absolute atomic E-state index is 0. The zero-order valence-corrected chi connectivity index (χ0v) is 27.8. The summed E-state index contributed by atoms with van der Waals surface area (Å²) in [6.07, 6.45) is 1.49. The molecule has 1 heterocycles. The number of anilines is 1. The number of sulfonamides is 1. The maximum Gasteiger partial charge on any atom is 0.264 e. The summed E-state index contributed by atoms with van der Waals surface area (Å²) in [4.78, 5) is 5.16. The van der Waals surface area contributed by atoms with Crippen molar-refractivity contribution >= 4 is 57.4 Å². The number of fused-ring (bicyclic) bond motifs is 1. The Balaban J connectivity index is 0.00000264. The Kier molecular flexibility index (Phi) is 10.9. The molecule has 4 aromatic carbocycles. The Bertz CT molecular complexity index is 1830. The molecule has 3 N–H and O–H groups in total. The summed E-state index contributed by atoms with van der Waals surface area (Å²) < 4.78 is 31.8. The van der Waals surface area contributed by atoms with Crippen LogP contribution < -0.4 is 10.0 Å². The number of nitrogen functional groups attached to an aromatic ring is 1. The first-order valence-electron chi connectivity index (χ1n) is 14.0. The molecule has 1 aromatic heterocycles. The van der Waals surface area contributed by atoms with Crippen molar-refractivity contribution in [2.75, 3.05) is 4.31 Å². The lowest BCUT2D eigenvalue weighted by molar-refractivity contribution is 0.584. The molecule has 0 aliphatic heterocycles. The van der Waals surface area contributed by atoms with Gasteiger partial charge in [-0.3, -0.25) is 9.71 Å². The highest BCUT2D eigenvalue weighted by molar-refractivity contribution is 7.92. The van der Waals surface area contributed by atoms with Crippen LogP contribution in [0.4, 0.5) is 5.69 Å². The van der Waals surface area contributed by atoms with Crippen molar-refractivity contribution in [2.45, 2.75) is 50.5 Å². The summed E-state index contributed by atoms with van der Waals surface area (Å²) >= 11 is 0. The fourth-order valence-electron chi connectivity index (χ4n) is 5.04. The first-order valence-corrected chi connectivity index (χ1v) is 15.4. The van der Waals surface area contributed by atoms with Crippen molar-refractivity contribution in [3.05, 3.63) is 125 Å². The smallest absolute Gasteiger partial charge is 0.264 e. The lowest BCUT2D eigenvalue weighted by Crippen LogP contribution is -2.30. The number of nitrogens with one attached hydrogen (secondary N) is 1. The third-order valence-corrected chi connectivity index (χ3v) is 9.41. The summed E-state index contributed by atoms with van der Waals surface area (Å²) in [5, 5.41) is 7.58. The fraction of sp³-hybridized carbons (Fsp3) is 0.235. The number of aryl methyl sites for hydroxylation is 3. The van der Waals surface area contributed by atoms with Crippen LogP contribution in [-0.4, -0.2) is 23.8 Å². The van der Waals surface area contributed by atoms with Gasteiger partial charge in [-0.1, -0.05) is 87.5 Å². The number of imidazole rings is 1. The van der Waals surface area contributed by atoms with E-state index >= 15 is 0 Å². The second-order valence-electron chi connectivity index (χ2n) is 11.6. The molecule has 0 amide bonds. The van der Waals surface area contributed by atoms with E-state index in [1.54, 1.807) is 12.1 Å². The quantitative estimate of drug-likeness (QED) is 0.130. The Morgan fingerprint density at radius 1 is 0.864 bits per heavy atom. The van der Waals surface area contributed by atoms with Crippen molar-refractivity contribution in [1.82, 2.24) is 9.55 Å². The third-order valence-electron chi connectivity index (χ3n) is 7.62. The summed E-state index contributed by atoms with van der Waals surface area (Å²) in [6, 6.07) is 30.2. The maximum atomic E-state index is 14.1. The van der Waals surface area contributed by atoms with Crippen LogP contribution in [-0.2, 0) is 41.9 Å². The molecule has 7 nitrogen and oxygen atoms in total. The van der Waals surface area contributed by atoms with Crippen LogP contribution in [0.25, 0.3) is 11.0 Å². The summed E-state index contributed by atoms with van der Waals surface area (Å²) in [5.74, 6) is 0.964. The zero-order valence-electron chi connectivity index (χ0n) is 25.3. The minimum atomic E-state index is -3.87. The van der Waals surface area contributed by atoms with Gasteiger partial charge in [0.15, 0.2) is 0 Å². The normalized spacial score (nSPS) is 11.5. The molecule has 10 heteroatoms. The van der Waals surface area contributed by atoms with E-state index in [0.29, 0.717) is 17.7 Å². The molecule has 44 heavy (non-hydrogen) atoms. The monoisotopic (exact) mass is 651 g/mol. The molecule has 0 spiro atoms. The van der Waals surface area contributed by atoms with E-state index in [4.69, 9.17) is 16.1 Å². The number of rotatable bonds is 9. The second-order valence-corrected chi connectivity index (χ2v) is 13.5. The molecule has 5 rings (SSSR count). The van der Waals surface area contributed by atoms with E-state index in [2.05, 4.69) is 25.3 Å². The molecule has 0 saturated heterocycles. The van der Waals surface area contributed by atoms with Crippen LogP contribution in [0.1, 0.15) is 48.8 Å². The van der Waals surface area contributed by atoms with Gasteiger partial charge in [0.2, 0.25) is 0 Å². The van der Waals surface area contributed by atoms with Gasteiger partial charge in [-0.15, -0.1) is 24.8 Å². The fourth-order valence-corrected chi connectivity index (χ4v) is 6.49. The Morgan fingerprint density at radius 3 is 2.09 bits per heavy atom. The van der Waals surface area contributed by atoms with Crippen molar-refractivity contribution < 1.29 is 8.42 Å². The summed E-state index contributed by atoms with van der Waals surface area (Å²) in [6.45, 7) is 6.53. The highest BCUT2D eigenvalue weighted by atomic mass is 35.5. The average Bonchev–Trinajstić information content (AvgIpc) is 3.29. The molecule has 0 unspecified atom stereocenters. The number of amidine groups is 1. The molecule has 0 aliphatic rings. The second kappa shape index (κ2) is 13.8. The number of halogens is 2. The molecular formula is C34H39Cl2N5O2S. The Labute approximate surface area is 272 Å². The molecule has 5 aromatic rings. The summed E-state index contributed by atoms with van der Waals surface area (Å²) in [5.41, 5.74) is 11.6. The number of nitrogens with zero attached hydrogens (tertiary/aromatic N) is 3. The molecule has 232 valence electrons. The van der Waals surface area contributed by atoms with Gasteiger partial charge in [0.05, 0.1) is 28.2 Å². The number of aromatic nitrogens is 2. The van der Waals surface area contributed by atoms with E-state index in [-0.39, 0.29) is 47.5 Å². The van der Waals surface area contributed by atoms with Gasteiger partial charge in [-0.2, -0.15) is 0 Å². The lowest BCUT2D eigenvalue weighted by Gasteiger charge is -2.25. The van der Waals surface area contributed by atoms with Gasteiger partial charge in [0.1, 0.15) is 11.7 Å². The van der Waals surface area contributed by atoms with Gasteiger partial charge >= 0.3 is 0 Å². The molecule has 0 fully saturated rings. The van der Waals surface area contributed by atoms with Gasteiger partial charge in [0, 0.05) is 19.0 Å². The number of hydrogen-bond acceptors (Lipinski definition) is 4. The van der Waals surface area contributed by atoms with Gasteiger partial charge in [0.25, 0.3) is 10.0 Å². The van der Waals surface area contributed by atoms with Gasteiger partial charge < -0.3 is 10.3 Å². The Hall–Kier alpha value is -3.85.